The van der Waals surface area contributed by atoms with Crippen LogP contribution in [0.2, 0.25) is 0 Å². The molecule has 1 amide bonds. The van der Waals surface area contributed by atoms with E-state index in [1.807, 2.05) is 6.92 Å². The standard InChI is InChI=1S/C6H13NO3/c1-2-3-9-4-5-10-6(7)8/h2-5H2,1H3,(H2,7,8). The molecule has 0 aromatic heterocycles. The van der Waals surface area contributed by atoms with Crippen LogP contribution in [-0.4, -0.2) is 25.9 Å². The molecule has 0 radical (unpaired) electrons. The number of rotatable bonds is 5. The van der Waals surface area contributed by atoms with Crippen molar-refractivity contribution >= 4 is 6.09 Å². The summed E-state index contributed by atoms with van der Waals surface area (Å²) >= 11 is 0. The van der Waals surface area contributed by atoms with E-state index in [4.69, 9.17) is 10.5 Å². The van der Waals surface area contributed by atoms with Gasteiger partial charge in [0.05, 0.1) is 6.61 Å². The maximum atomic E-state index is 9.98. The highest BCUT2D eigenvalue weighted by Crippen LogP contribution is 1.80. The van der Waals surface area contributed by atoms with Crippen LogP contribution in [0.1, 0.15) is 13.3 Å². The highest BCUT2D eigenvalue weighted by Gasteiger charge is 1.91. The van der Waals surface area contributed by atoms with Gasteiger partial charge in [0.1, 0.15) is 6.61 Å². The molecule has 0 aliphatic heterocycles. The molecule has 0 aliphatic rings. The second-order valence-corrected chi connectivity index (χ2v) is 1.78. The molecule has 4 heteroatoms. The van der Waals surface area contributed by atoms with Crippen LogP contribution in [0, 0.1) is 0 Å². The zero-order chi connectivity index (χ0) is 7.82. The molecule has 2 N–H and O–H groups in total. The summed E-state index contributed by atoms with van der Waals surface area (Å²) in [5, 5.41) is 0. The van der Waals surface area contributed by atoms with E-state index in [2.05, 4.69) is 4.74 Å². The highest BCUT2D eigenvalue weighted by atomic mass is 16.6. The van der Waals surface area contributed by atoms with Gasteiger partial charge >= 0.3 is 6.09 Å². The van der Waals surface area contributed by atoms with Crippen LogP contribution in [0.3, 0.4) is 0 Å². The van der Waals surface area contributed by atoms with Gasteiger partial charge in [-0.15, -0.1) is 0 Å². The van der Waals surface area contributed by atoms with Crippen molar-refractivity contribution in [2.24, 2.45) is 5.73 Å². The predicted molar refractivity (Wildman–Crippen MR) is 36.6 cm³/mol. The van der Waals surface area contributed by atoms with E-state index in [9.17, 15) is 4.79 Å². The molecule has 0 saturated heterocycles. The molecule has 0 fully saturated rings. The van der Waals surface area contributed by atoms with E-state index in [0.29, 0.717) is 13.2 Å². The third-order valence-corrected chi connectivity index (χ3v) is 0.820. The van der Waals surface area contributed by atoms with Crippen molar-refractivity contribution in [3.63, 3.8) is 0 Å². The van der Waals surface area contributed by atoms with Crippen molar-refractivity contribution in [2.45, 2.75) is 13.3 Å². The lowest BCUT2D eigenvalue weighted by atomic mass is 10.5. The Morgan fingerprint density at radius 1 is 1.40 bits per heavy atom. The van der Waals surface area contributed by atoms with Crippen LogP contribution >= 0.6 is 0 Å². The topological polar surface area (TPSA) is 61.6 Å². The Kier molecular flexibility index (Phi) is 5.86. The van der Waals surface area contributed by atoms with Crippen molar-refractivity contribution in [3.8, 4) is 0 Å². The van der Waals surface area contributed by atoms with Crippen molar-refractivity contribution in [1.29, 1.82) is 0 Å². The van der Waals surface area contributed by atoms with Gasteiger partial charge in [-0.25, -0.2) is 4.79 Å². The van der Waals surface area contributed by atoms with Crippen molar-refractivity contribution in [1.82, 2.24) is 0 Å². The average Bonchev–Trinajstić information content (AvgIpc) is 1.87. The van der Waals surface area contributed by atoms with Gasteiger partial charge in [0.2, 0.25) is 0 Å². The summed E-state index contributed by atoms with van der Waals surface area (Å²) in [6.07, 6.45) is 0.219. The summed E-state index contributed by atoms with van der Waals surface area (Å²) in [7, 11) is 0. The Bertz CT molecular complexity index is 95.0. The fourth-order valence-electron chi connectivity index (χ4n) is 0.448. The number of hydrogen-bond acceptors (Lipinski definition) is 3. The number of carbonyl (C=O) groups excluding carboxylic acids is 1. The van der Waals surface area contributed by atoms with E-state index < -0.39 is 6.09 Å². The first-order chi connectivity index (χ1) is 4.77. The molecule has 0 rings (SSSR count). The average molecular weight is 147 g/mol. The largest absolute Gasteiger partial charge is 0.447 e. The van der Waals surface area contributed by atoms with Gasteiger partial charge in [-0.2, -0.15) is 0 Å². The Morgan fingerprint density at radius 2 is 2.10 bits per heavy atom. The van der Waals surface area contributed by atoms with E-state index in [1.54, 1.807) is 0 Å². The van der Waals surface area contributed by atoms with Crippen LogP contribution in [0.25, 0.3) is 0 Å². The van der Waals surface area contributed by atoms with E-state index in [1.165, 1.54) is 0 Å². The number of primary amides is 1. The van der Waals surface area contributed by atoms with Gasteiger partial charge in [-0.3, -0.25) is 0 Å². The van der Waals surface area contributed by atoms with Gasteiger partial charge in [0, 0.05) is 6.61 Å². The molecule has 60 valence electrons. The van der Waals surface area contributed by atoms with Crippen molar-refractivity contribution < 1.29 is 14.3 Å². The van der Waals surface area contributed by atoms with Gasteiger partial charge in [-0.05, 0) is 6.42 Å². The number of hydrogen-bond donors (Lipinski definition) is 1. The first-order valence-corrected chi connectivity index (χ1v) is 3.27. The van der Waals surface area contributed by atoms with Crippen molar-refractivity contribution in [2.75, 3.05) is 19.8 Å². The molecular weight excluding hydrogens is 134 g/mol. The summed E-state index contributed by atoms with van der Waals surface area (Å²) in [6, 6.07) is 0. The van der Waals surface area contributed by atoms with Crippen LogP contribution in [0.5, 0.6) is 0 Å². The lowest BCUT2D eigenvalue weighted by Crippen LogP contribution is -2.16. The molecular formula is C6H13NO3. The maximum Gasteiger partial charge on any atom is 0.404 e. The lowest BCUT2D eigenvalue weighted by Gasteiger charge is -2.01. The zero-order valence-corrected chi connectivity index (χ0v) is 6.13. The first-order valence-electron chi connectivity index (χ1n) is 3.27. The number of nitrogens with two attached hydrogens (primary N) is 1. The summed E-state index contributed by atoms with van der Waals surface area (Å²) in [6.45, 7) is 3.38. The molecule has 0 bridgehead atoms. The lowest BCUT2D eigenvalue weighted by molar-refractivity contribution is 0.0768. The molecule has 10 heavy (non-hydrogen) atoms. The third-order valence-electron chi connectivity index (χ3n) is 0.820. The Hall–Kier alpha value is -0.770. The maximum absolute atomic E-state index is 9.98. The second kappa shape index (κ2) is 6.35. The summed E-state index contributed by atoms with van der Waals surface area (Å²) in [4.78, 5) is 9.98. The molecule has 0 unspecified atom stereocenters. The Labute approximate surface area is 60.3 Å². The zero-order valence-electron chi connectivity index (χ0n) is 6.13. The Balaban J connectivity index is 2.84. The predicted octanol–water partition coefficient (Wildman–Crippen LogP) is 0.508. The van der Waals surface area contributed by atoms with E-state index in [0.717, 1.165) is 6.42 Å². The van der Waals surface area contributed by atoms with Gasteiger partial charge in [-0.1, -0.05) is 6.92 Å². The minimum atomic E-state index is -0.750. The molecule has 0 saturated carbocycles. The fourth-order valence-corrected chi connectivity index (χ4v) is 0.448. The smallest absolute Gasteiger partial charge is 0.404 e. The number of ether oxygens (including phenoxy) is 2. The monoisotopic (exact) mass is 147 g/mol. The Morgan fingerprint density at radius 3 is 2.60 bits per heavy atom. The number of amides is 1. The summed E-state index contributed by atoms with van der Waals surface area (Å²) in [5.41, 5.74) is 4.69. The quantitative estimate of drug-likeness (QED) is 0.576. The minimum absolute atomic E-state index is 0.245. The molecule has 0 aliphatic carbocycles. The first kappa shape index (κ1) is 9.23. The second-order valence-electron chi connectivity index (χ2n) is 1.78. The molecule has 4 nitrogen and oxygen atoms in total. The molecule has 0 aromatic carbocycles. The molecule has 0 spiro atoms. The fraction of sp³-hybridized carbons (Fsp3) is 0.833. The summed E-state index contributed by atoms with van der Waals surface area (Å²) < 4.78 is 9.40. The van der Waals surface area contributed by atoms with Crippen molar-refractivity contribution in [3.05, 3.63) is 0 Å². The van der Waals surface area contributed by atoms with Crippen LogP contribution in [0.4, 0.5) is 4.79 Å². The summed E-state index contributed by atoms with van der Waals surface area (Å²) in [5.74, 6) is 0. The van der Waals surface area contributed by atoms with E-state index >= 15 is 0 Å². The minimum Gasteiger partial charge on any atom is -0.447 e. The number of carbonyl (C=O) groups is 1. The van der Waals surface area contributed by atoms with E-state index in [-0.39, 0.29) is 6.61 Å². The molecule has 0 heterocycles. The van der Waals surface area contributed by atoms with Gasteiger partial charge in [0.15, 0.2) is 0 Å². The SMILES string of the molecule is CCCOCCOC(N)=O. The normalized spacial score (nSPS) is 9.30. The van der Waals surface area contributed by atoms with Crippen LogP contribution < -0.4 is 5.73 Å². The molecule has 0 aromatic rings. The van der Waals surface area contributed by atoms with Crippen LogP contribution in [-0.2, 0) is 9.47 Å². The third kappa shape index (κ3) is 7.23. The molecule has 0 atom stereocenters. The van der Waals surface area contributed by atoms with Gasteiger partial charge in [0.25, 0.3) is 0 Å². The highest BCUT2D eigenvalue weighted by molar-refractivity contribution is 5.64. The van der Waals surface area contributed by atoms with Crippen LogP contribution in [0.15, 0.2) is 0 Å². The van der Waals surface area contributed by atoms with Gasteiger partial charge < -0.3 is 15.2 Å².